The molecule has 8 aromatic rings. The van der Waals surface area contributed by atoms with E-state index in [1.54, 1.807) is 0 Å². The van der Waals surface area contributed by atoms with Crippen molar-refractivity contribution in [1.82, 2.24) is 0 Å². The Morgan fingerprint density at radius 2 is 1.19 bits per heavy atom. The lowest BCUT2D eigenvalue weighted by molar-refractivity contribution is 0.332. The SMILES string of the molecule is Cc1cc2c3c(c1)N(c1cccc4c1oc1ccccc14)c1cc4c(cc1B3c1sc3ccc(C(C)(C)C)cc3c1N2c1ccc2c(c1)C(C)(C)CCC2(C)C)C(C)(C)CCC4(C)C. The molecule has 0 unspecified atom stereocenters. The van der Waals surface area contributed by atoms with Gasteiger partial charge in [0.25, 0.3) is 6.71 Å². The molecule has 64 heavy (non-hydrogen) atoms. The molecule has 0 fully saturated rings. The van der Waals surface area contributed by atoms with Gasteiger partial charge in [0.05, 0.1) is 11.4 Å². The van der Waals surface area contributed by atoms with Crippen LogP contribution in [0, 0.1) is 6.92 Å². The number of thiophene rings is 1. The minimum atomic E-state index is 0.0126. The van der Waals surface area contributed by atoms with Crippen molar-refractivity contribution in [2.24, 2.45) is 0 Å². The number of benzene rings is 6. The summed E-state index contributed by atoms with van der Waals surface area (Å²) in [6.45, 7) is 29.1. The van der Waals surface area contributed by atoms with E-state index in [1.807, 2.05) is 11.3 Å². The van der Waals surface area contributed by atoms with Crippen LogP contribution in [0.5, 0.6) is 0 Å². The third-order valence-electron chi connectivity index (χ3n) is 16.4. The molecule has 0 saturated carbocycles. The van der Waals surface area contributed by atoms with Crippen LogP contribution in [0.15, 0.2) is 108 Å². The first kappa shape index (κ1) is 40.3. The van der Waals surface area contributed by atoms with Crippen LogP contribution in [0.1, 0.15) is 135 Å². The molecule has 12 rings (SSSR count). The minimum absolute atomic E-state index is 0.0126. The summed E-state index contributed by atoms with van der Waals surface area (Å²) in [5, 5.41) is 3.66. The molecule has 4 heterocycles. The van der Waals surface area contributed by atoms with Gasteiger partial charge in [0.15, 0.2) is 5.58 Å². The highest BCUT2D eigenvalue weighted by Gasteiger charge is 2.49. The van der Waals surface area contributed by atoms with Crippen molar-refractivity contribution in [2.75, 3.05) is 9.80 Å². The molecule has 5 heteroatoms. The quantitative estimate of drug-likeness (QED) is 0.162. The van der Waals surface area contributed by atoms with Crippen molar-refractivity contribution in [2.45, 2.75) is 136 Å². The van der Waals surface area contributed by atoms with Gasteiger partial charge >= 0.3 is 0 Å². The van der Waals surface area contributed by atoms with Crippen LogP contribution in [0.2, 0.25) is 0 Å². The molecule has 2 aliphatic heterocycles. The van der Waals surface area contributed by atoms with E-state index in [9.17, 15) is 0 Å². The molecule has 2 aliphatic carbocycles. The van der Waals surface area contributed by atoms with Crippen LogP contribution in [-0.4, -0.2) is 6.71 Å². The molecule has 0 atom stereocenters. The minimum Gasteiger partial charge on any atom is -0.454 e. The fourth-order valence-corrected chi connectivity index (χ4v) is 13.6. The van der Waals surface area contributed by atoms with Gasteiger partial charge in [-0.3, -0.25) is 0 Å². The van der Waals surface area contributed by atoms with Crippen LogP contribution >= 0.6 is 11.3 Å². The average Bonchev–Trinajstić information content (AvgIpc) is 3.82. The molecule has 2 aromatic heterocycles. The van der Waals surface area contributed by atoms with Crippen molar-refractivity contribution in [3.63, 3.8) is 0 Å². The third-order valence-corrected chi connectivity index (χ3v) is 17.6. The molecule has 322 valence electrons. The van der Waals surface area contributed by atoms with Crippen LogP contribution in [0.3, 0.4) is 0 Å². The second-order valence-corrected chi connectivity index (χ2v) is 24.7. The highest BCUT2D eigenvalue weighted by atomic mass is 32.1. The predicted molar refractivity (Wildman–Crippen MR) is 277 cm³/mol. The molecule has 0 amide bonds. The maximum absolute atomic E-state index is 6.95. The highest BCUT2D eigenvalue weighted by Crippen LogP contribution is 2.54. The highest BCUT2D eigenvalue weighted by molar-refractivity contribution is 7.33. The maximum atomic E-state index is 6.95. The van der Waals surface area contributed by atoms with Gasteiger partial charge in [-0.15, -0.1) is 11.3 Å². The van der Waals surface area contributed by atoms with Gasteiger partial charge in [-0.1, -0.05) is 125 Å². The largest absolute Gasteiger partial charge is 0.454 e. The van der Waals surface area contributed by atoms with Crippen LogP contribution in [-0.2, 0) is 27.1 Å². The van der Waals surface area contributed by atoms with E-state index in [0.29, 0.717) is 0 Å². The summed E-state index contributed by atoms with van der Waals surface area (Å²) in [7, 11) is 0. The van der Waals surface area contributed by atoms with Gasteiger partial charge in [0.2, 0.25) is 0 Å². The summed E-state index contributed by atoms with van der Waals surface area (Å²) in [6.07, 6.45) is 4.70. The van der Waals surface area contributed by atoms with Gasteiger partial charge in [-0.05, 0) is 159 Å². The van der Waals surface area contributed by atoms with Gasteiger partial charge in [0.1, 0.15) is 5.58 Å². The van der Waals surface area contributed by atoms with Crippen LogP contribution in [0.4, 0.5) is 34.1 Å². The van der Waals surface area contributed by atoms with E-state index in [2.05, 4.69) is 196 Å². The van der Waals surface area contributed by atoms with Crippen molar-refractivity contribution in [3.8, 4) is 0 Å². The molecule has 0 N–H and O–H groups in total. The number of fused-ring (bicyclic) bond motifs is 11. The molecule has 6 aromatic carbocycles. The van der Waals surface area contributed by atoms with E-state index in [-0.39, 0.29) is 33.8 Å². The number of anilines is 6. The zero-order chi connectivity index (χ0) is 44.6. The fraction of sp³-hybridized carbons (Fsp3) is 0.356. The van der Waals surface area contributed by atoms with Gasteiger partial charge in [0, 0.05) is 48.4 Å². The van der Waals surface area contributed by atoms with E-state index in [0.717, 1.165) is 34.0 Å². The zero-order valence-electron chi connectivity index (χ0n) is 39.9. The lowest BCUT2D eigenvalue weighted by Gasteiger charge is -2.47. The number of nitrogens with zero attached hydrogens (tertiary/aromatic N) is 2. The number of rotatable bonds is 2. The molecule has 3 nitrogen and oxygen atoms in total. The Balaban J connectivity index is 1.23. The molecule has 4 aliphatic rings. The topological polar surface area (TPSA) is 19.6 Å². The Morgan fingerprint density at radius 3 is 1.89 bits per heavy atom. The normalized spacial score (nSPS) is 18.8. The van der Waals surface area contributed by atoms with Crippen LogP contribution in [0.25, 0.3) is 32.0 Å². The first-order valence-electron chi connectivity index (χ1n) is 23.8. The summed E-state index contributed by atoms with van der Waals surface area (Å²) >= 11 is 2.01. The van der Waals surface area contributed by atoms with Crippen molar-refractivity contribution in [3.05, 3.63) is 137 Å². The number of hydrogen-bond acceptors (Lipinski definition) is 4. The monoisotopic (exact) mass is 856 g/mol. The Kier molecular flexibility index (Phi) is 8.16. The Bertz CT molecular complexity index is 3310. The van der Waals surface area contributed by atoms with Crippen molar-refractivity contribution >= 4 is 99.9 Å². The molecule has 0 saturated heterocycles. The van der Waals surface area contributed by atoms with Crippen molar-refractivity contribution < 1.29 is 4.42 Å². The van der Waals surface area contributed by atoms with Gasteiger partial charge in [-0.25, -0.2) is 0 Å². The van der Waals surface area contributed by atoms with E-state index in [1.165, 1.54) is 107 Å². The Hall–Kier alpha value is -5.26. The van der Waals surface area contributed by atoms with Crippen molar-refractivity contribution in [1.29, 1.82) is 0 Å². The number of para-hydroxylation sites is 2. The average molecular weight is 857 g/mol. The fourth-order valence-electron chi connectivity index (χ4n) is 12.3. The summed E-state index contributed by atoms with van der Waals surface area (Å²) in [5.74, 6) is 0. The summed E-state index contributed by atoms with van der Waals surface area (Å²) < 4.78 is 9.73. The predicted octanol–water partition coefficient (Wildman–Crippen LogP) is 15.2. The van der Waals surface area contributed by atoms with Gasteiger partial charge < -0.3 is 14.2 Å². The second-order valence-electron chi connectivity index (χ2n) is 23.6. The summed E-state index contributed by atoms with van der Waals surface area (Å²) in [4.78, 5) is 5.30. The number of hydrogen-bond donors (Lipinski definition) is 0. The standard InChI is InChI=1S/C59H61BN2OS/c1-34-28-47-51-48(29-34)62(45-18-15-17-38-37-16-13-14-19-49(37)63-53(38)45)46-33-43-42(58(9,10)26-27-59(43,11)12)32-44(46)60(51)54-52(39-30-35(55(2,3)4)20-23-50(39)64-54)61(47)36-21-22-40-41(31-36)57(7,8)25-24-56(40,5)6/h13-23,28-33H,24-27H2,1-12H3. The smallest absolute Gasteiger partial charge is 0.264 e. The van der Waals surface area contributed by atoms with Gasteiger partial charge in [-0.2, -0.15) is 0 Å². The summed E-state index contributed by atoms with van der Waals surface area (Å²) in [5.41, 5.74) is 21.0. The van der Waals surface area contributed by atoms with E-state index in [4.69, 9.17) is 4.42 Å². The molecular formula is C59H61BN2OS. The maximum Gasteiger partial charge on any atom is 0.264 e. The van der Waals surface area contributed by atoms with E-state index >= 15 is 0 Å². The molecule has 0 radical (unpaired) electrons. The van der Waals surface area contributed by atoms with Crippen LogP contribution < -0.4 is 25.5 Å². The third kappa shape index (κ3) is 5.58. The summed E-state index contributed by atoms with van der Waals surface area (Å²) in [6, 6.07) is 40.4. The second kappa shape index (κ2) is 13.0. The first-order valence-corrected chi connectivity index (χ1v) is 24.6. The Morgan fingerprint density at radius 1 is 0.562 bits per heavy atom. The lowest BCUT2D eigenvalue weighted by Crippen LogP contribution is -2.61. The molecule has 0 spiro atoms. The number of furan rings is 1. The molecular weight excluding hydrogens is 796 g/mol. The zero-order valence-corrected chi connectivity index (χ0v) is 40.7. The first-order chi connectivity index (χ1) is 30.2. The Labute approximate surface area is 384 Å². The number of aryl methyl sites for hydroxylation is 1. The lowest BCUT2D eigenvalue weighted by atomic mass is 9.35. The molecule has 0 bridgehead atoms. The van der Waals surface area contributed by atoms with E-state index < -0.39 is 0 Å².